The Kier molecular flexibility index (Phi) is 4.49. The summed E-state index contributed by atoms with van der Waals surface area (Å²) in [5, 5.41) is 6.43. The normalized spacial score (nSPS) is 20.3. The Balaban J connectivity index is 1.69. The molecule has 24 heavy (non-hydrogen) atoms. The van der Waals surface area contributed by atoms with E-state index in [1.165, 1.54) is 0 Å². The first kappa shape index (κ1) is 16.8. The van der Waals surface area contributed by atoms with E-state index in [1.54, 1.807) is 0 Å². The van der Waals surface area contributed by atoms with Gasteiger partial charge >= 0.3 is 0 Å². The Labute approximate surface area is 143 Å². The van der Waals surface area contributed by atoms with Gasteiger partial charge in [0, 0.05) is 13.1 Å². The first-order chi connectivity index (χ1) is 11.5. The van der Waals surface area contributed by atoms with E-state index in [0.29, 0.717) is 25.9 Å². The summed E-state index contributed by atoms with van der Waals surface area (Å²) >= 11 is 0. The molecule has 1 aromatic carbocycles. The van der Waals surface area contributed by atoms with Crippen LogP contribution in [0.15, 0.2) is 24.3 Å². The van der Waals surface area contributed by atoms with Crippen LogP contribution in [0.5, 0.6) is 0 Å². The van der Waals surface area contributed by atoms with E-state index in [4.69, 9.17) is 0 Å². The zero-order valence-electron chi connectivity index (χ0n) is 14.6. The number of benzene rings is 1. The summed E-state index contributed by atoms with van der Waals surface area (Å²) < 4.78 is 0. The fraction of sp³-hybridized carbons (Fsp3) is 0.556. The largest absolute Gasteiger partial charge is 0.369 e. The predicted molar refractivity (Wildman–Crippen MR) is 95.0 cm³/mol. The highest BCUT2D eigenvalue weighted by Crippen LogP contribution is 2.36. The van der Waals surface area contributed by atoms with Gasteiger partial charge in [-0.15, -0.1) is 0 Å². The molecule has 2 N–H and O–H groups in total. The van der Waals surface area contributed by atoms with Crippen LogP contribution < -0.4 is 10.6 Å². The maximum atomic E-state index is 12.6. The van der Waals surface area contributed by atoms with E-state index >= 15 is 0 Å². The van der Waals surface area contributed by atoms with Gasteiger partial charge in [0.15, 0.2) is 0 Å². The lowest BCUT2D eigenvalue weighted by atomic mass is 9.84. The third-order valence-corrected chi connectivity index (χ3v) is 5.43. The molecule has 1 fully saturated rings. The zero-order valence-corrected chi connectivity index (χ0v) is 14.6. The number of rotatable bonds is 3. The standard InChI is InChI=1S/C18H26N4O2/c1-4-21(3)13(2)16(23)22-11-9-18(10-12-22)17(24)19-14-7-5-6-8-15(14)20-18/h5-8,13,20H,4,9-12H2,1-3H3,(H,19,24)/t13-/m1/s1. The molecule has 6 heteroatoms. The van der Waals surface area contributed by atoms with Gasteiger partial charge < -0.3 is 15.5 Å². The topological polar surface area (TPSA) is 64.7 Å². The van der Waals surface area contributed by atoms with E-state index < -0.39 is 5.54 Å². The van der Waals surface area contributed by atoms with Crippen LogP contribution in [0.2, 0.25) is 0 Å². The molecule has 0 radical (unpaired) electrons. The number of hydrogen-bond acceptors (Lipinski definition) is 4. The van der Waals surface area contributed by atoms with Crippen LogP contribution in [0.25, 0.3) is 0 Å². The van der Waals surface area contributed by atoms with Crippen molar-refractivity contribution in [2.75, 3.05) is 37.3 Å². The van der Waals surface area contributed by atoms with Crippen LogP contribution >= 0.6 is 0 Å². The van der Waals surface area contributed by atoms with Crippen molar-refractivity contribution in [2.45, 2.75) is 38.3 Å². The van der Waals surface area contributed by atoms with Gasteiger partial charge in [0.05, 0.1) is 17.4 Å². The number of likely N-dealkylation sites (tertiary alicyclic amines) is 1. The monoisotopic (exact) mass is 330 g/mol. The van der Waals surface area contributed by atoms with Gasteiger partial charge in [0.25, 0.3) is 0 Å². The number of nitrogens with one attached hydrogen (secondary N) is 2. The zero-order chi connectivity index (χ0) is 17.3. The van der Waals surface area contributed by atoms with Gasteiger partial charge in [-0.25, -0.2) is 0 Å². The first-order valence-corrected chi connectivity index (χ1v) is 8.64. The molecule has 0 saturated carbocycles. The van der Waals surface area contributed by atoms with Crippen molar-refractivity contribution < 1.29 is 9.59 Å². The second kappa shape index (κ2) is 6.43. The average molecular weight is 330 g/mol. The van der Waals surface area contributed by atoms with E-state index in [2.05, 4.69) is 10.6 Å². The second-order valence-corrected chi connectivity index (χ2v) is 6.78. The lowest BCUT2D eigenvalue weighted by Gasteiger charge is -2.45. The van der Waals surface area contributed by atoms with Crippen molar-refractivity contribution in [3.8, 4) is 0 Å². The van der Waals surface area contributed by atoms with Crippen molar-refractivity contribution in [1.82, 2.24) is 9.80 Å². The summed E-state index contributed by atoms with van der Waals surface area (Å²) in [5.41, 5.74) is 1.17. The molecule has 1 atom stereocenters. The Hall–Kier alpha value is -2.08. The molecular formula is C18H26N4O2. The number of amides is 2. The molecule has 2 aliphatic heterocycles. The van der Waals surface area contributed by atoms with Crippen molar-refractivity contribution in [3.05, 3.63) is 24.3 Å². The molecule has 1 spiro atoms. The Bertz CT molecular complexity index is 638. The van der Waals surface area contributed by atoms with Crippen molar-refractivity contribution in [2.24, 2.45) is 0 Å². The molecular weight excluding hydrogens is 304 g/mol. The quantitative estimate of drug-likeness (QED) is 0.886. The molecule has 0 bridgehead atoms. The minimum atomic E-state index is -0.606. The van der Waals surface area contributed by atoms with E-state index in [-0.39, 0.29) is 17.9 Å². The van der Waals surface area contributed by atoms with Crippen LogP contribution in [0.4, 0.5) is 11.4 Å². The third kappa shape index (κ3) is 2.86. The lowest BCUT2D eigenvalue weighted by molar-refractivity contribution is -0.138. The fourth-order valence-electron chi connectivity index (χ4n) is 3.45. The molecule has 2 aliphatic rings. The summed E-state index contributed by atoms with van der Waals surface area (Å²) in [4.78, 5) is 29.1. The highest BCUT2D eigenvalue weighted by Gasteiger charge is 2.45. The number of anilines is 2. The number of fused-ring (bicyclic) bond motifs is 1. The fourth-order valence-corrected chi connectivity index (χ4v) is 3.45. The highest BCUT2D eigenvalue weighted by atomic mass is 16.2. The maximum absolute atomic E-state index is 12.6. The summed E-state index contributed by atoms with van der Waals surface area (Å²) in [5.74, 6) is 0.151. The minimum Gasteiger partial charge on any atom is -0.369 e. The smallest absolute Gasteiger partial charge is 0.250 e. The number of carbonyl (C=O) groups is 2. The van der Waals surface area contributed by atoms with Gasteiger partial charge in [0.2, 0.25) is 11.8 Å². The van der Waals surface area contributed by atoms with Gasteiger partial charge in [-0.2, -0.15) is 0 Å². The van der Waals surface area contributed by atoms with Crippen LogP contribution in [0.3, 0.4) is 0 Å². The molecule has 2 amide bonds. The molecule has 6 nitrogen and oxygen atoms in total. The third-order valence-electron chi connectivity index (χ3n) is 5.43. The number of nitrogens with zero attached hydrogens (tertiary/aromatic N) is 2. The number of carbonyl (C=O) groups excluding carboxylic acids is 2. The van der Waals surface area contributed by atoms with Crippen LogP contribution in [0, 0.1) is 0 Å². The highest BCUT2D eigenvalue weighted by molar-refractivity contribution is 6.06. The van der Waals surface area contributed by atoms with Gasteiger partial charge in [-0.3, -0.25) is 14.5 Å². The molecule has 0 aromatic heterocycles. The van der Waals surface area contributed by atoms with Crippen LogP contribution in [0.1, 0.15) is 26.7 Å². The number of hydrogen-bond donors (Lipinski definition) is 2. The summed E-state index contributed by atoms with van der Waals surface area (Å²) in [6.45, 7) is 6.03. The lowest BCUT2D eigenvalue weighted by Crippen LogP contribution is -2.60. The van der Waals surface area contributed by atoms with Crippen molar-refractivity contribution >= 4 is 23.2 Å². The molecule has 2 heterocycles. The maximum Gasteiger partial charge on any atom is 0.250 e. The average Bonchev–Trinajstić information content (AvgIpc) is 2.61. The number of piperidine rings is 1. The van der Waals surface area contributed by atoms with Gasteiger partial charge in [0.1, 0.15) is 5.54 Å². The number of para-hydroxylation sites is 2. The number of likely N-dealkylation sites (N-methyl/N-ethyl adjacent to an activating group) is 1. The molecule has 3 rings (SSSR count). The minimum absolute atomic E-state index is 0.00650. The van der Waals surface area contributed by atoms with Gasteiger partial charge in [-0.1, -0.05) is 19.1 Å². The van der Waals surface area contributed by atoms with Crippen LogP contribution in [-0.4, -0.2) is 59.9 Å². The summed E-state index contributed by atoms with van der Waals surface area (Å²) in [6, 6.07) is 7.61. The molecule has 130 valence electrons. The summed E-state index contributed by atoms with van der Waals surface area (Å²) in [6.07, 6.45) is 1.25. The van der Waals surface area contributed by atoms with E-state index in [9.17, 15) is 9.59 Å². The van der Waals surface area contributed by atoms with E-state index in [0.717, 1.165) is 17.9 Å². The Morgan fingerprint density at radius 1 is 1.29 bits per heavy atom. The second-order valence-electron chi connectivity index (χ2n) is 6.78. The van der Waals surface area contributed by atoms with Crippen molar-refractivity contribution in [3.63, 3.8) is 0 Å². The molecule has 1 aromatic rings. The molecule has 0 aliphatic carbocycles. The Morgan fingerprint density at radius 3 is 2.54 bits per heavy atom. The van der Waals surface area contributed by atoms with Crippen LogP contribution in [-0.2, 0) is 9.59 Å². The van der Waals surface area contributed by atoms with Gasteiger partial charge in [-0.05, 0) is 45.5 Å². The SMILES string of the molecule is CCN(C)[C@H](C)C(=O)N1CCC2(CC1)Nc1ccccc1NC2=O. The van der Waals surface area contributed by atoms with E-state index in [1.807, 2.05) is 55.0 Å². The van der Waals surface area contributed by atoms with Crippen molar-refractivity contribution in [1.29, 1.82) is 0 Å². The molecule has 1 saturated heterocycles. The first-order valence-electron chi connectivity index (χ1n) is 8.64. The molecule has 0 unspecified atom stereocenters. The summed E-state index contributed by atoms with van der Waals surface area (Å²) in [7, 11) is 1.96. The predicted octanol–water partition coefficient (Wildman–Crippen LogP) is 1.75. The Morgan fingerprint density at radius 2 is 1.92 bits per heavy atom.